The second kappa shape index (κ2) is 7.02. The van der Waals surface area contributed by atoms with Gasteiger partial charge in [-0.3, -0.25) is 4.90 Å². The van der Waals surface area contributed by atoms with E-state index in [1.165, 1.54) is 22.2 Å². The quantitative estimate of drug-likeness (QED) is 0.520. The van der Waals surface area contributed by atoms with Crippen molar-refractivity contribution in [2.75, 3.05) is 20.7 Å². The number of benzene rings is 2. The molecule has 0 radical (unpaired) electrons. The largest absolute Gasteiger partial charge is 0.368 e. The first-order valence-corrected chi connectivity index (χ1v) is 11.1. The van der Waals surface area contributed by atoms with Crippen LogP contribution in [0.5, 0.6) is 0 Å². The Balaban J connectivity index is 1.56. The summed E-state index contributed by atoms with van der Waals surface area (Å²) < 4.78 is 6.52. The van der Waals surface area contributed by atoms with Crippen LogP contribution < -0.4 is 0 Å². The van der Waals surface area contributed by atoms with Gasteiger partial charge in [0.15, 0.2) is 0 Å². The molecule has 1 fully saturated rings. The topological polar surface area (TPSA) is 28.3 Å². The van der Waals surface area contributed by atoms with Crippen molar-refractivity contribution < 1.29 is 4.74 Å². The highest BCUT2D eigenvalue weighted by molar-refractivity contribution is 6.45. The third-order valence-corrected chi connectivity index (χ3v) is 8.01. The summed E-state index contributed by atoms with van der Waals surface area (Å²) in [4.78, 5) is 6.02. The van der Waals surface area contributed by atoms with E-state index in [9.17, 15) is 0 Å². The molecule has 1 aromatic heterocycles. The first-order valence-electron chi connectivity index (χ1n) is 10.3. The number of rotatable bonds is 2. The van der Waals surface area contributed by atoms with Crippen LogP contribution in [0.4, 0.5) is 0 Å². The van der Waals surface area contributed by atoms with Gasteiger partial charge >= 0.3 is 0 Å². The lowest BCUT2D eigenvalue weighted by molar-refractivity contribution is -0.113. The molecule has 2 heterocycles. The Morgan fingerprint density at radius 1 is 0.966 bits per heavy atom. The number of H-pyrrole nitrogens is 1. The highest BCUT2D eigenvalue weighted by atomic mass is 35.5. The molecule has 0 bridgehead atoms. The molecule has 5 heteroatoms. The summed E-state index contributed by atoms with van der Waals surface area (Å²) >= 11 is 12.8. The third-order valence-electron chi connectivity index (χ3n) is 7.21. The van der Waals surface area contributed by atoms with Crippen LogP contribution in [-0.4, -0.2) is 30.6 Å². The Labute approximate surface area is 181 Å². The maximum Gasteiger partial charge on any atom is 0.108 e. The summed E-state index contributed by atoms with van der Waals surface area (Å²) in [6, 6.07) is 14.9. The molecule has 152 valence electrons. The predicted octanol–water partition coefficient (Wildman–Crippen LogP) is 6.27. The van der Waals surface area contributed by atoms with E-state index in [0.29, 0.717) is 10.0 Å². The van der Waals surface area contributed by atoms with Crippen molar-refractivity contribution in [3.05, 3.63) is 69.3 Å². The van der Waals surface area contributed by atoms with Crippen LogP contribution in [0.1, 0.15) is 42.5 Å². The summed E-state index contributed by atoms with van der Waals surface area (Å²) in [7, 11) is 4.39. The second-order valence-electron chi connectivity index (χ2n) is 8.65. The normalized spacial score (nSPS) is 26.9. The van der Waals surface area contributed by atoms with Crippen molar-refractivity contribution in [1.29, 1.82) is 0 Å². The van der Waals surface area contributed by atoms with Gasteiger partial charge in [0.2, 0.25) is 0 Å². The van der Waals surface area contributed by atoms with Gasteiger partial charge in [-0.2, -0.15) is 0 Å². The number of hydrogen-bond acceptors (Lipinski definition) is 2. The van der Waals surface area contributed by atoms with Crippen molar-refractivity contribution >= 4 is 34.1 Å². The number of halogens is 2. The molecule has 1 saturated carbocycles. The number of nitrogens with one attached hydrogen (secondary N) is 1. The van der Waals surface area contributed by atoms with Crippen LogP contribution in [-0.2, 0) is 22.3 Å². The maximum atomic E-state index is 6.53. The van der Waals surface area contributed by atoms with E-state index in [1.54, 1.807) is 0 Å². The SMILES string of the molecule is CN(C)C1(c2ccccc2)CCC2(CC1)OCCc1c2[nH]c2c(Cl)c(Cl)ccc12. The van der Waals surface area contributed by atoms with Crippen LogP contribution in [0.15, 0.2) is 42.5 Å². The summed E-state index contributed by atoms with van der Waals surface area (Å²) in [6.45, 7) is 0.750. The minimum absolute atomic E-state index is 0.0421. The average molecular weight is 429 g/mol. The fraction of sp³-hybridized carbons (Fsp3) is 0.417. The number of aromatic amines is 1. The minimum Gasteiger partial charge on any atom is -0.368 e. The van der Waals surface area contributed by atoms with Crippen LogP contribution in [0.25, 0.3) is 10.9 Å². The van der Waals surface area contributed by atoms with Gasteiger partial charge in [-0.15, -0.1) is 0 Å². The van der Waals surface area contributed by atoms with E-state index in [0.717, 1.165) is 44.2 Å². The number of nitrogens with zero attached hydrogens (tertiary/aromatic N) is 1. The van der Waals surface area contributed by atoms with Crippen molar-refractivity contribution in [1.82, 2.24) is 9.88 Å². The summed E-state index contributed by atoms with van der Waals surface area (Å²) in [6.07, 6.45) is 4.96. The van der Waals surface area contributed by atoms with E-state index < -0.39 is 0 Å². The molecular formula is C24H26Cl2N2O. The molecule has 2 aliphatic rings. The molecule has 3 nitrogen and oxygen atoms in total. The van der Waals surface area contributed by atoms with Crippen LogP contribution in [0.2, 0.25) is 10.0 Å². The zero-order chi connectivity index (χ0) is 20.2. The Hall–Kier alpha value is -1.52. The highest BCUT2D eigenvalue weighted by Gasteiger charge is 2.49. The van der Waals surface area contributed by atoms with Crippen LogP contribution >= 0.6 is 23.2 Å². The number of hydrogen-bond donors (Lipinski definition) is 1. The molecule has 29 heavy (non-hydrogen) atoms. The lowest BCUT2D eigenvalue weighted by Gasteiger charge is -2.50. The van der Waals surface area contributed by atoms with Gasteiger partial charge in [-0.25, -0.2) is 0 Å². The van der Waals surface area contributed by atoms with E-state index in [4.69, 9.17) is 27.9 Å². The zero-order valence-electron chi connectivity index (χ0n) is 16.9. The molecule has 3 aromatic rings. The Bertz CT molecular complexity index is 1050. The van der Waals surface area contributed by atoms with Crippen LogP contribution in [0.3, 0.4) is 0 Å². The van der Waals surface area contributed by atoms with Crippen LogP contribution in [0, 0.1) is 0 Å². The lowest BCUT2D eigenvalue weighted by atomic mass is 9.68. The van der Waals surface area contributed by atoms with Gasteiger partial charge in [-0.05, 0) is 63.4 Å². The molecule has 0 atom stereocenters. The molecular weight excluding hydrogens is 403 g/mol. The number of ether oxygens (including phenoxy) is 1. The molecule has 1 N–H and O–H groups in total. The van der Waals surface area contributed by atoms with E-state index in [2.05, 4.69) is 60.4 Å². The Morgan fingerprint density at radius 2 is 1.69 bits per heavy atom. The highest BCUT2D eigenvalue weighted by Crippen LogP contribution is 2.52. The predicted molar refractivity (Wildman–Crippen MR) is 120 cm³/mol. The van der Waals surface area contributed by atoms with Gasteiger partial charge < -0.3 is 9.72 Å². The first kappa shape index (κ1) is 19.4. The van der Waals surface area contributed by atoms with Gasteiger partial charge in [0.25, 0.3) is 0 Å². The van der Waals surface area contributed by atoms with E-state index >= 15 is 0 Å². The van der Waals surface area contributed by atoms with Gasteiger partial charge in [0.05, 0.1) is 27.9 Å². The maximum absolute atomic E-state index is 6.53. The minimum atomic E-state index is -0.267. The van der Waals surface area contributed by atoms with Gasteiger partial charge in [0.1, 0.15) is 5.60 Å². The monoisotopic (exact) mass is 428 g/mol. The summed E-state index contributed by atoms with van der Waals surface area (Å²) in [5.74, 6) is 0. The molecule has 2 aromatic carbocycles. The average Bonchev–Trinajstić information content (AvgIpc) is 3.13. The first-order chi connectivity index (χ1) is 14.0. The molecule has 1 spiro atoms. The van der Waals surface area contributed by atoms with Crippen molar-refractivity contribution in [3.8, 4) is 0 Å². The van der Waals surface area contributed by atoms with Crippen molar-refractivity contribution in [2.24, 2.45) is 0 Å². The molecule has 1 aliphatic heterocycles. The zero-order valence-corrected chi connectivity index (χ0v) is 18.4. The Kier molecular flexibility index (Phi) is 4.71. The van der Waals surface area contributed by atoms with E-state index in [1.807, 2.05) is 6.07 Å². The number of fused-ring (bicyclic) bond motifs is 4. The fourth-order valence-electron chi connectivity index (χ4n) is 5.53. The van der Waals surface area contributed by atoms with Gasteiger partial charge in [-0.1, -0.05) is 59.6 Å². The molecule has 1 aliphatic carbocycles. The Morgan fingerprint density at radius 3 is 2.38 bits per heavy atom. The van der Waals surface area contributed by atoms with Crippen molar-refractivity contribution in [3.63, 3.8) is 0 Å². The van der Waals surface area contributed by atoms with Gasteiger partial charge in [0, 0.05) is 10.9 Å². The third kappa shape index (κ3) is 2.86. The lowest BCUT2D eigenvalue weighted by Crippen LogP contribution is -2.50. The molecule has 0 saturated heterocycles. The number of aromatic nitrogens is 1. The summed E-state index contributed by atoms with van der Waals surface area (Å²) in [5, 5.41) is 2.38. The second-order valence-corrected chi connectivity index (χ2v) is 9.43. The smallest absolute Gasteiger partial charge is 0.108 e. The van der Waals surface area contributed by atoms with E-state index in [-0.39, 0.29) is 11.1 Å². The molecule has 5 rings (SSSR count). The standard InChI is InChI=1S/C24H26Cl2N2O/c1-28(2)23(16-6-4-3-5-7-16)11-13-24(14-12-23)22-18(10-15-29-24)17-8-9-19(25)20(26)21(17)27-22/h3-9,27H,10-15H2,1-2H3. The molecule has 0 unspecified atom stereocenters. The van der Waals surface area contributed by atoms with Crippen molar-refractivity contribution in [2.45, 2.75) is 43.2 Å². The molecule has 0 amide bonds. The fourth-order valence-corrected chi connectivity index (χ4v) is 5.90. The summed E-state index contributed by atoms with van der Waals surface area (Å²) in [5.41, 5.74) is 4.67.